The number of amides is 2. The number of urea groups is 1. The van der Waals surface area contributed by atoms with Crippen molar-refractivity contribution >= 4 is 41.1 Å². The van der Waals surface area contributed by atoms with Gasteiger partial charge < -0.3 is 14.6 Å². The van der Waals surface area contributed by atoms with Crippen molar-refractivity contribution in [3.63, 3.8) is 0 Å². The van der Waals surface area contributed by atoms with E-state index in [1.165, 1.54) is 10.5 Å². The van der Waals surface area contributed by atoms with Gasteiger partial charge in [-0.2, -0.15) is 4.31 Å². The van der Waals surface area contributed by atoms with Gasteiger partial charge in [0, 0.05) is 40.0 Å². The van der Waals surface area contributed by atoms with E-state index >= 15 is 0 Å². The van der Waals surface area contributed by atoms with Gasteiger partial charge in [-0.1, -0.05) is 33.5 Å². The van der Waals surface area contributed by atoms with Crippen LogP contribution in [-0.2, 0) is 21.5 Å². The molecule has 3 heterocycles. The zero-order valence-corrected chi connectivity index (χ0v) is 22.7. The van der Waals surface area contributed by atoms with Crippen LogP contribution in [0.25, 0.3) is 11.2 Å². The highest BCUT2D eigenvalue weighted by atomic mass is 32.2. The lowest BCUT2D eigenvalue weighted by atomic mass is 9.98. The molecule has 1 saturated heterocycles. The SMILES string of the molecule is CCCS(=O)(=O)N1C[C@@H](C)C[C@H](NC(=O)Nc2cnc3c(ccn3COCC[Si](C)(C)C)n2)C1. The topological polar surface area (TPSA) is 118 Å². The number of aromatic nitrogens is 3. The quantitative estimate of drug-likeness (QED) is 0.374. The molecule has 1 fully saturated rings. The Hall–Kier alpha value is -2.02. The van der Waals surface area contributed by atoms with E-state index in [1.54, 1.807) is 0 Å². The Morgan fingerprint density at radius 3 is 2.76 bits per heavy atom. The first-order chi connectivity index (χ1) is 16.0. The minimum atomic E-state index is -3.30. The monoisotopic (exact) mass is 510 g/mol. The Kier molecular flexibility index (Phi) is 8.71. The summed E-state index contributed by atoms with van der Waals surface area (Å²) in [4.78, 5) is 21.5. The van der Waals surface area contributed by atoms with Gasteiger partial charge in [-0.25, -0.2) is 23.2 Å². The average molecular weight is 511 g/mol. The fraction of sp³-hybridized carbons (Fsp3) is 0.682. The van der Waals surface area contributed by atoms with Crippen molar-refractivity contribution in [3.8, 4) is 0 Å². The third kappa shape index (κ3) is 7.49. The number of rotatable bonds is 10. The molecule has 2 aromatic heterocycles. The molecule has 2 N–H and O–H groups in total. The number of carbonyl (C=O) groups is 1. The number of nitrogens with zero attached hydrogens (tertiary/aromatic N) is 4. The third-order valence-corrected chi connectivity index (χ3v) is 9.46. The molecule has 0 aromatic carbocycles. The molecule has 12 heteroatoms. The van der Waals surface area contributed by atoms with Gasteiger partial charge >= 0.3 is 6.03 Å². The van der Waals surface area contributed by atoms with E-state index in [0.29, 0.717) is 36.7 Å². The molecule has 10 nitrogen and oxygen atoms in total. The van der Waals surface area contributed by atoms with E-state index in [1.807, 2.05) is 30.7 Å². The fourth-order valence-corrected chi connectivity index (χ4v) is 6.45. The Bertz CT molecular complexity index is 1080. The lowest BCUT2D eigenvalue weighted by Crippen LogP contribution is -2.53. The van der Waals surface area contributed by atoms with Crippen molar-refractivity contribution in [2.24, 2.45) is 5.92 Å². The van der Waals surface area contributed by atoms with E-state index in [0.717, 1.165) is 19.1 Å². The molecule has 2 atom stereocenters. The van der Waals surface area contributed by atoms with Gasteiger partial charge in [0.15, 0.2) is 11.5 Å². The molecule has 1 aliphatic heterocycles. The van der Waals surface area contributed by atoms with Crippen LogP contribution < -0.4 is 10.6 Å². The molecule has 3 rings (SSSR count). The first-order valence-electron chi connectivity index (χ1n) is 11.9. The Morgan fingerprint density at radius 2 is 2.06 bits per heavy atom. The Morgan fingerprint density at radius 1 is 1.29 bits per heavy atom. The highest BCUT2D eigenvalue weighted by Crippen LogP contribution is 2.20. The average Bonchev–Trinajstić information content (AvgIpc) is 3.12. The van der Waals surface area contributed by atoms with Gasteiger partial charge in [0.1, 0.15) is 12.2 Å². The van der Waals surface area contributed by atoms with Crippen LogP contribution in [0.5, 0.6) is 0 Å². The molecule has 2 aromatic rings. The predicted octanol–water partition coefficient (Wildman–Crippen LogP) is 3.32. The summed E-state index contributed by atoms with van der Waals surface area (Å²) in [5.41, 5.74) is 1.35. The fourth-order valence-electron chi connectivity index (χ4n) is 4.03. The van der Waals surface area contributed by atoms with E-state index < -0.39 is 24.1 Å². The van der Waals surface area contributed by atoms with E-state index in [4.69, 9.17) is 4.74 Å². The van der Waals surface area contributed by atoms with Crippen LogP contribution in [0.3, 0.4) is 0 Å². The number of fused-ring (bicyclic) bond motifs is 1. The number of nitrogens with one attached hydrogen (secondary N) is 2. The molecular formula is C22H38N6O4SSi. The molecular weight excluding hydrogens is 472 g/mol. The lowest BCUT2D eigenvalue weighted by molar-refractivity contribution is 0.0899. The van der Waals surface area contributed by atoms with E-state index in [-0.39, 0.29) is 24.3 Å². The summed E-state index contributed by atoms with van der Waals surface area (Å²) in [6.07, 6.45) is 4.68. The van der Waals surface area contributed by atoms with E-state index in [2.05, 4.69) is 40.2 Å². The van der Waals surface area contributed by atoms with Crippen molar-refractivity contribution in [2.45, 2.75) is 65.1 Å². The molecule has 0 spiro atoms. The first kappa shape index (κ1) is 26.6. The molecule has 190 valence electrons. The zero-order valence-electron chi connectivity index (χ0n) is 20.9. The number of anilines is 1. The number of carbonyl (C=O) groups excluding carboxylic acids is 1. The third-order valence-electron chi connectivity index (χ3n) is 5.75. The maximum absolute atomic E-state index is 12.6. The smallest absolute Gasteiger partial charge is 0.320 e. The minimum Gasteiger partial charge on any atom is -0.361 e. The highest BCUT2D eigenvalue weighted by Gasteiger charge is 2.32. The summed E-state index contributed by atoms with van der Waals surface area (Å²) in [6, 6.07) is 2.26. The number of sulfonamides is 1. The molecule has 0 bridgehead atoms. The van der Waals surface area contributed by atoms with Crippen LogP contribution in [-0.4, -0.2) is 72.9 Å². The van der Waals surface area contributed by atoms with Gasteiger partial charge in [0.05, 0.1) is 11.9 Å². The molecule has 0 aliphatic carbocycles. The largest absolute Gasteiger partial charge is 0.361 e. The molecule has 1 aliphatic rings. The van der Waals surface area contributed by atoms with Crippen LogP contribution in [0.1, 0.15) is 26.7 Å². The number of ether oxygens (including phenoxy) is 1. The molecule has 0 saturated carbocycles. The van der Waals surface area contributed by atoms with Crippen LogP contribution >= 0.6 is 0 Å². The van der Waals surface area contributed by atoms with Gasteiger partial charge in [-0.15, -0.1) is 0 Å². The summed E-state index contributed by atoms with van der Waals surface area (Å²) in [5.74, 6) is 0.619. The molecule has 34 heavy (non-hydrogen) atoms. The highest BCUT2D eigenvalue weighted by molar-refractivity contribution is 7.89. The second-order valence-electron chi connectivity index (χ2n) is 10.4. The lowest BCUT2D eigenvalue weighted by Gasteiger charge is -2.35. The van der Waals surface area contributed by atoms with Crippen molar-refractivity contribution in [1.82, 2.24) is 24.2 Å². The van der Waals surface area contributed by atoms with Crippen LogP contribution in [0.4, 0.5) is 10.6 Å². The van der Waals surface area contributed by atoms with Gasteiger partial charge in [0.25, 0.3) is 0 Å². The standard InChI is InChI=1S/C22H38N6O4SSi/c1-6-10-33(30,31)28-14-17(2)12-18(15-28)24-22(29)26-20-13-23-21-19(25-20)7-8-27(21)16-32-9-11-34(3,4)5/h7-8,13,17-18H,6,9-12,14-16H2,1-5H3,(H2,24,25,26,29)/t17-,18-/m0/s1. The first-order valence-corrected chi connectivity index (χ1v) is 17.2. The van der Waals surface area contributed by atoms with Gasteiger partial charge in [-0.05, 0) is 30.9 Å². The van der Waals surface area contributed by atoms with Crippen molar-refractivity contribution in [3.05, 3.63) is 18.5 Å². The second-order valence-corrected chi connectivity index (χ2v) is 18.1. The summed E-state index contributed by atoms with van der Waals surface area (Å²) in [7, 11) is -4.44. The van der Waals surface area contributed by atoms with Gasteiger partial charge in [-0.3, -0.25) is 5.32 Å². The van der Waals surface area contributed by atoms with E-state index in [9.17, 15) is 13.2 Å². The number of hydrogen-bond acceptors (Lipinski definition) is 6. The minimum absolute atomic E-state index is 0.122. The second kappa shape index (κ2) is 11.1. The van der Waals surface area contributed by atoms with Crippen molar-refractivity contribution in [1.29, 1.82) is 0 Å². The molecule has 0 unspecified atom stereocenters. The van der Waals surface area contributed by atoms with Crippen LogP contribution in [0.2, 0.25) is 25.7 Å². The molecule has 0 radical (unpaired) electrons. The summed E-state index contributed by atoms with van der Waals surface area (Å²) in [5, 5.41) is 5.62. The Balaban J connectivity index is 1.56. The number of piperidine rings is 1. The zero-order chi connectivity index (χ0) is 24.9. The van der Waals surface area contributed by atoms with Crippen molar-refractivity contribution < 1.29 is 17.9 Å². The summed E-state index contributed by atoms with van der Waals surface area (Å²) in [6.45, 7) is 12.7. The summed E-state index contributed by atoms with van der Waals surface area (Å²) >= 11 is 0. The number of hydrogen-bond donors (Lipinski definition) is 2. The Labute approximate surface area is 203 Å². The van der Waals surface area contributed by atoms with Gasteiger partial charge in [0.2, 0.25) is 10.0 Å². The van der Waals surface area contributed by atoms with Crippen LogP contribution in [0, 0.1) is 5.92 Å². The maximum atomic E-state index is 12.6. The normalized spacial score (nSPS) is 19.9. The molecule has 2 amide bonds. The predicted molar refractivity (Wildman–Crippen MR) is 137 cm³/mol. The van der Waals surface area contributed by atoms with Crippen molar-refractivity contribution in [2.75, 3.05) is 30.8 Å². The summed E-state index contributed by atoms with van der Waals surface area (Å²) < 4.78 is 34.1. The maximum Gasteiger partial charge on any atom is 0.320 e. The van der Waals surface area contributed by atoms with Crippen LogP contribution in [0.15, 0.2) is 18.5 Å².